The fraction of sp³-hybridized carbons (Fsp3) is 1.00. The molecule has 0 aromatic carbocycles. The Morgan fingerprint density at radius 1 is 1.50 bits per heavy atom. The van der Waals surface area contributed by atoms with Gasteiger partial charge in [-0.2, -0.15) is 0 Å². The van der Waals surface area contributed by atoms with Crippen molar-refractivity contribution in [1.29, 1.82) is 0 Å². The Hall–Kier alpha value is 0.650. The molecule has 0 aliphatic heterocycles. The zero-order valence-corrected chi connectivity index (χ0v) is 4.72. The lowest BCUT2D eigenvalue weighted by Crippen LogP contribution is -1.32. The van der Waals surface area contributed by atoms with Gasteiger partial charge in [-0.05, 0) is 13.3 Å². The zero-order valence-electron chi connectivity index (χ0n) is 2.91. The van der Waals surface area contributed by atoms with Crippen molar-refractivity contribution in [3.05, 3.63) is 0 Å². The molecule has 2 heteroatoms. The van der Waals surface area contributed by atoms with Gasteiger partial charge in [0, 0.05) is 0 Å². The van der Waals surface area contributed by atoms with Crippen LogP contribution in [-0.4, -0.2) is 13.3 Å². The fourth-order valence-electron chi connectivity index (χ4n) is 0. The monoisotopic (exact) mass is 94.0 g/mol. The lowest BCUT2D eigenvalue weighted by molar-refractivity contribution is 2.31. The fourth-order valence-corrected chi connectivity index (χ4v) is 0. The van der Waals surface area contributed by atoms with Crippen LogP contribution in [0.4, 0.5) is 0 Å². The first-order valence-corrected chi connectivity index (χ1v) is 4.84. The zero-order chi connectivity index (χ0) is 3.58. The third kappa shape index (κ3) is 17.1. The lowest BCUT2D eigenvalue weighted by atomic mass is 11.9. The van der Waals surface area contributed by atoms with Crippen LogP contribution in [0.25, 0.3) is 0 Å². The second-order valence-corrected chi connectivity index (χ2v) is 5.17. The topological polar surface area (TPSA) is 0 Å². The molecule has 0 aromatic heterocycles. The van der Waals surface area contributed by atoms with Gasteiger partial charge in [0.1, 0.15) is 0 Å². The standard InChI is InChI=1S/C2H7PS/c1-3(2)4/h3H,1-2H3. The molecule has 0 radical (unpaired) electrons. The third-order valence-electron chi connectivity index (χ3n) is 0. The minimum atomic E-state index is -0.296. The molecule has 0 aliphatic rings. The van der Waals surface area contributed by atoms with Crippen molar-refractivity contribution in [1.82, 2.24) is 0 Å². The van der Waals surface area contributed by atoms with Crippen LogP contribution in [0.1, 0.15) is 0 Å². The summed E-state index contributed by atoms with van der Waals surface area (Å²) in [7, 11) is 0. The van der Waals surface area contributed by atoms with E-state index < -0.39 is 0 Å². The summed E-state index contributed by atoms with van der Waals surface area (Å²) in [6.45, 7) is 3.87. The second kappa shape index (κ2) is 1.92. The summed E-state index contributed by atoms with van der Waals surface area (Å²) in [6.07, 6.45) is 0. The van der Waals surface area contributed by atoms with Gasteiger partial charge in [-0.3, -0.25) is 0 Å². The van der Waals surface area contributed by atoms with E-state index in [1.54, 1.807) is 0 Å². The molecule has 0 nitrogen and oxygen atoms in total. The van der Waals surface area contributed by atoms with Crippen LogP contribution in [0.2, 0.25) is 0 Å². The Bertz CT molecular complexity index is 29.0. The van der Waals surface area contributed by atoms with Gasteiger partial charge in [0.2, 0.25) is 0 Å². The van der Waals surface area contributed by atoms with Crippen LogP contribution in [0.15, 0.2) is 0 Å². The SMILES string of the molecule is C[PH](C)=S. The van der Waals surface area contributed by atoms with E-state index in [0.717, 1.165) is 0 Å². The molecule has 0 unspecified atom stereocenters. The van der Waals surface area contributed by atoms with E-state index in [-0.39, 0.29) is 6.70 Å². The first kappa shape index (κ1) is 4.65. The van der Waals surface area contributed by atoms with Gasteiger partial charge in [0.15, 0.2) is 0 Å². The molecule has 4 heavy (non-hydrogen) atoms. The van der Waals surface area contributed by atoms with Crippen molar-refractivity contribution >= 4 is 18.5 Å². The Kier molecular flexibility index (Phi) is 2.24. The molecule has 0 spiro atoms. The lowest BCUT2D eigenvalue weighted by Gasteiger charge is -1.64. The highest BCUT2D eigenvalue weighted by molar-refractivity contribution is 8.04. The smallest absolute Gasteiger partial charge is 0.0381 e. The van der Waals surface area contributed by atoms with E-state index in [2.05, 4.69) is 13.3 Å². The van der Waals surface area contributed by atoms with Crippen molar-refractivity contribution in [2.75, 3.05) is 13.3 Å². The largest absolute Gasteiger partial charge is 0.101 e. The Labute approximate surface area is 32.6 Å². The predicted octanol–water partition coefficient (Wildman–Crippen LogP) is 0.922. The summed E-state index contributed by atoms with van der Waals surface area (Å²) in [4.78, 5) is 0. The van der Waals surface area contributed by atoms with Crippen LogP contribution in [0, 0.1) is 0 Å². The normalized spacial score (nSPS) is 8.75. The minimum Gasteiger partial charge on any atom is -0.101 e. The number of hydrogen-bond donors (Lipinski definition) is 0. The summed E-state index contributed by atoms with van der Waals surface area (Å²) < 4.78 is 0. The number of rotatable bonds is 0. The Morgan fingerprint density at radius 3 is 1.50 bits per heavy atom. The first-order valence-electron chi connectivity index (χ1n) is 1.20. The Morgan fingerprint density at radius 2 is 1.50 bits per heavy atom. The van der Waals surface area contributed by atoms with E-state index >= 15 is 0 Å². The van der Waals surface area contributed by atoms with E-state index in [0.29, 0.717) is 0 Å². The highest BCUT2D eigenvalue weighted by Gasteiger charge is 1.53. The van der Waals surface area contributed by atoms with Crippen molar-refractivity contribution in [3.63, 3.8) is 0 Å². The minimum absolute atomic E-state index is 0.296. The molecular formula is C2H7PS. The molecule has 26 valence electrons. The van der Waals surface area contributed by atoms with Crippen LogP contribution < -0.4 is 0 Å². The van der Waals surface area contributed by atoms with Gasteiger partial charge < -0.3 is 0 Å². The second-order valence-electron chi connectivity index (χ2n) is 0.908. The van der Waals surface area contributed by atoms with Crippen LogP contribution in [-0.2, 0) is 11.8 Å². The molecule has 0 N–H and O–H groups in total. The summed E-state index contributed by atoms with van der Waals surface area (Å²) in [5.41, 5.74) is 0. The maximum atomic E-state index is 4.72. The van der Waals surface area contributed by atoms with Gasteiger partial charge in [0.25, 0.3) is 0 Å². The molecular weight excluding hydrogens is 87.1 g/mol. The number of hydrogen-bond acceptors (Lipinski definition) is 1. The van der Waals surface area contributed by atoms with Gasteiger partial charge in [-0.25, -0.2) is 0 Å². The third-order valence-corrected chi connectivity index (χ3v) is 0. The summed E-state index contributed by atoms with van der Waals surface area (Å²) in [5.74, 6) is 0. The summed E-state index contributed by atoms with van der Waals surface area (Å²) >= 11 is 4.72. The van der Waals surface area contributed by atoms with Crippen LogP contribution >= 0.6 is 6.70 Å². The van der Waals surface area contributed by atoms with E-state index in [1.165, 1.54) is 0 Å². The maximum Gasteiger partial charge on any atom is -0.0381 e. The molecule has 0 bridgehead atoms. The molecule has 0 fully saturated rings. The maximum absolute atomic E-state index is 4.72. The average molecular weight is 94.1 g/mol. The van der Waals surface area contributed by atoms with Crippen molar-refractivity contribution in [2.24, 2.45) is 0 Å². The van der Waals surface area contributed by atoms with Crippen molar-refractivity contribution in [2.45, 2.75) is 0 Å². The van der Waals surface area contributed by atoms with Gasteiger partial charge in [-0.1, -0.05) is 6.70 Å². The van der Waals surface area contributed by atoms with E-state index in [9.17, 15) is 0 Å². The van der Waals surface area contributed by atoms with Gasteiger partial charge >= 0.3 is 0 Å². The molecule has 0 amide bonds. The van der Waals surface area contributed by atoms with Crippen LogP contribution in [0.5, 0.6) is 0 Å². The Balaban J connectivity index is 2.80. The molecule has 0 saturated heterocycles. The highest BCUT2D eigenvalue weighted by atomic mass is 32.4. The highest BCUT2D eigenvalue weighted by Crippen LogP contribution is 2.01. The van der Waals surface area contributed by atoms with Crippen LogP contribution in [0.3, 0.4) is 0 Å². The van der Waals surface area contributed by atoms with E-state index in [4.69, 9.17) is 11.8 Å². The molecule has 0 heterocycles. The molecule has 0 saturated carbocycles. The predicted molar refractivity (Wildman–Crippen MR) is 27.5 cm³/mol. The van der Waals surface area contributed by atoms with Crippen molar-refractivity contribution in [3.8, 4) is 0 Å². The first-order chi connectivity index (χ1) is 1.73. The molecule has 0 rings (SSSR count). The van der Waals surface area contributed by atoms with E-state index in [1.807, 2.05) is 0 Å². The summed E-state index contributed by atoms with van der Waals surface area (Å²) in [6, 6.07) is 0. The summed E-state index contributed by atoms with van der Waals surface area (Å²) in [5, 5.41) is 0. The van der Waals surface area contributed by atoms with Gasteiger partial charge in [-0.15, -0.1) is 11.8 Å². The quantitative estimate of drug-likeness (QED) is 0.402. The average Bonchev–Trinajstić information content (AvgIpc) is 0.811. The molecule has 0 atom stereocenters. The molecule has 0 aromatic rings. The molecule has 0 aliphatic carbocycles. The van der Waals surface area contributed by atoms with Gasteiger partial charge in [0.05, 0.1) is 0 Å². The van der Waals surface area contributed by atoms with Crippen molar-refractivity contribution < 1.29 is 0 Å².